The average molecular weight is 635 g/mol. The third-order valence-corrected chi connectivity index (χ3v) is 8.73. The minimum Gasteiger partial charge on any atom is -0.497 e. The number of benzene rings is 4. The van der Waals surface area contributed by atoms with Gasteiger partial charge in [0.1, 0.15) is 28.4 Å². The minimum absolute atomic E-state index is 0.0386. The number of amides is 2. The van der Waals surface area contributed by atoms with Gasteiger partial charge in [0.2, 0.25) is 0 Å². The maximum atomic E-state index is 14.0. The number of thioether (sulfide) groups is 1. The summed E-state index contributed by atoms with van der Waals surface area (Å²) in [6.45, 7) is 1.80. The number of methoxy groups -OCH3 is 2. The molecule has 0 bridgehead atoms. The van der Waals surface area contributed by atoms with Crippen molar-refractivity contribution in [2.45, 2.75) is 17.5 Å². The van der Waals surface area contributed by atoms with Crippen LogP contribution >= 0.6 is 11.8 Å². The van der Waals surface area contributed by atoms with E-state index in [1.807, 2.05) is 54.6 Å². The van der Waals surface area contributed by atoms with E-state index < -0.39 is 22.1 Å². The summed E-state index contributed by atoms with van der Waals surface area (Å²) in [6.07, 6.45) is 0. The molecular weight excluding hydrogens is 604 g/mol. The van der Waals surface area contributed by atoms with Gasteiger partial charge >= 0.3 is 0 Å². The largest absolute Gasteiger partial charge is 0.497 e. The lowest BCUT2D eigenvalue weighted by Crippen LogP contribution is -2.46. The van der Waals surface area contributed by atoms with E-state index in [1.165, 1.54) is 22.8 Å². The van der Waals surface area contributed by atoms with Crippen LogP contribution in [0.4, 0.5) is 0 Å². The summed E-state index contributed by atoms with van der Waals surface area (Å²) in [5.74, 6) is 1.66. The molecule has 6 rings (SSSR count). The van der Waals surface area contributed by atoms with Crippen molar-refractivity contribution in [3.63, 3.8) is 0 Å². The number of nitrogens with zero attached hydrogens (tertiary/aromatic N) is 3. The number of hydrogen-bond donors (Lipinski definition) is 1. The molecule has 0 aliphatic carbocycles. The van der Waals surface area contributed by atoms with Gasteiger partial charge in [0.25, 0.3) is 17.4 Å². The van der Waals surface area contributed by atoms with Crippen LogP contribution < -0.4 is 25.2 Å². The van der Waals surface area contributed by atoms with Crippen LogP contribution in [0.2, 0.25) is 0 Å². The minimum atomic E-state index is -0.648. The van der Waals surface area contributed by atoms with Crippen LogP contribution in [0, 0.1) is 0 Å². The molecule has 46 heavy (non-hydrogen) atoms. The molecule has 0 spiro atoms. The van der Waals surface area contributed by atoms with E-state index in [0.29, 0.717) is 39.8 Å². The number of aromatic nitrogens is 2. The molecule has 1 aromatic heterocycles. The fourth-order valence-electron chi connectivity index (χ4n) is 4.98. The van der Waals surface area contributed by atoms with E-state index in [9.17, 15) is 14.4 Å². The Morgan fingerprint density at radius 2 is 1.37 bits per heavy atom. The molecular formula is C35H30N4O6S. The third kappa shape index (κ3) is 6.31. The highest BCUT2D eigenvalue weighted by Gasteiger charge is 2.40. The Morgan fingerprint density at radius 3 is 2.00 bits per heavy atom. The van der Waals surface area contributed by atoms with Gasteiger partial charge in [-0.1, -0.05) is 42.5 Å². The summed E-state index contributed by atoms with van der Waals surface area (Å²) >= 11 is 1.41. The number of nitrogens with one attached hydrogen (secondary N) is 1. The van der Waals surface area contributed by atoms with Gasteiger partial charge in [-0.15, -0.1) is 11.8 Å². The smallest absolute Gasteiger partial charge is 0.291 e. The van der Waals surface area contributed by atoms with Crippen LogP contribution in [-0.4, -0.2) is 46.1 Å². The van der Waals surface area contributed by atoms with Crippen molar-refractivity contribution in [2.24, 2.45) is 0 Å². The standard InChI is InChI=1S/C35H30N4O6S/c1-22-34(42)39(35(46-22)24-11-17-29(18-12-24)45-28-7-5-4-6-8-28)37-33(41)32-30(23-9-15-26(43-2)16-10-23)21-31(40)38(36-32)25-13-19-27(44-3)20-14-25/h4-22,35H,1-3H3,(H,37,41). The second kappa shape index (κ2) is 13.2. The lowest BCUT2D eigenvalue weighted by Gasteiger charge is -2.25. The number of hydrogen-bond acceptors (Lipinski definition) is 8. The number of carbonyl (C=O) groups is 2. The maximum absolute atomic E-state index is 14.0. The van der Waals surface area contributed by atoms with Crippen molar-refractivity contribution in [2.75, 3.05) is 14.2 Å². The van der Waals surface area contributed by atoms with E-state index in [-0.39, 0.29) is 11.6 Å². The third-order valence-electron chi connectivity index (χ3n) is 7.38. The van der Waals surface area contributed by atoms with Gasteiger partial charge in [0.15, 0.2) is 5.69 Å². The zero-order valence-corrected chi connectivity index (χ0v) is 26.1. The molecule has 10 nitrogen and oxygen atoms in total. The highest BCUT2D eigenvalue weighted by atomic mass is 32.2. The van der Waals surface area contributed by atoms with E-state index in [0.717, 1.165) is 10.2 Å². The number of hydrazine groups is 1. The summed E-state index contributed by atoms with van der Waals surface area (Å²) in [5, 5.41) is 4.92. The van der Waals surface area contributed by atoms with E-state index >= 15 is 0 Å². The van der Waals surface area contributed by atoms with Crippen LogP contribution in [0.3, 0.4) is 0 Å². The predicted octanol–water partition coefficient (Wildman–Crippen LogP) is 6.02. The highest BCUT2D eigenvalue weighted by molar-refractivity contribution is 8.01. The van der Waals surface area contributed by atoms with Crippen LogP contribution in [0.25, 0.3) is 16.8 Å². The van der Waals surface area contributed by atoms with E-state index in [4.69, 9.17) is 14.2 Å². The molecule has 0 saturated carbocycles. The Balaban J connectivity index is 1.33. The first-order valence-corrected chi connectivity index (χ1v) is 15.3. The Kier molecular flexibility index (Phi) is 8.75. The number of rotatable bonds is 9. The van der Waals surface area contributed by atoms with Crippen molar-refractivity contribution < 1.29 is 23.8 Å². The van der Waals surface area contributed by atoms with Gasteiger partial charge in [-0.05, 0) is 78.7 Å². The molecule has 2 heterocycles. The van der Waals surface area contributed by atoms with E-state index in [1.54, 1.807) is 69.7 Å². The summed E-state index contributed by atoms with van der Waals surface area (Å²) in [7, 11) is 3.10. The zero-order chi connectivity index (χ0) is 32.2. The Bertz CT molecular complexity index is 1910. The maximum Gasteiger partial charge on any atom is 0.291 e. The summed E-state index contributed by atoms with van der Waals surface area (Å²) in [5.41, 5.74) is 4.45. The molecule has 1 N–H and O–H groups in total. The quantitative estimate of drug-likeness (QED) is 0.210. The number of carbonyl (C=O) groups excluding carboxylic acids is 2. The second-order valence-electron chi connectivity index (χ2n) is 10.3. The van der Waals surface area contributed by atoms with Gasteiger partial charge in [0.05, 0.1) is 25.2 Å². The number of para-hydroxylation sites is 1. The van der Waals surface area contributed by atoms with Crippen molar-refractivity contribution in [3.8, 4) is 39.8 Å². The lowest BCUT2D eigenvalue weighted by molar-refractivity contribution is -0.132. The Labute approximate surface area is 269 Å². The SMILES string of the molecule is COc1ccc(-c2cc(=O)n(-c3ccc(OC)cc3)nc2C(=O)NN2C(=O)C(C)SC2c2ccc(Oc3ccccc3)cc2)cc1. The first-order chi connectivity index (χ1) is 22.3. The highest BCUT2D eigenvalue weighted by Crippen LogP contribution is 2.42. The molecule has 1 aliphatic heterocycles. The van der Waals surface area contributed by atoms with Crippen LogP contribution in [0.5, 0.6) is 23.0 Å². The van der Waals surface area contributed by atoms with Crippen LogP contribution in [0.1, 0.15) is 28.3 Å². The normalized spacial score (nSPS) is 15.8. The first kappa shape index (κ1) is 30.5. The van der Waals surface area contributed by atoms with Crippen LogP contribution in [-0.2, 0) is 4.79 Å². The number of ether oxygens (including phenoxy) is 3. The van der Waals surface area contributed by atoms with Gasteiger partial charge in [0, 0.05) is 11.6 Å². The Hall–Kier alpha value is -5.55. The molecule has 1 saturated heterocycles. The molecule has 2 unspecified atom stereocenters. The fraction of sp³-hybridized carbons (Fsp3) is 0.143. The van der Waals surface area contributed by atoms with Crippen molar-refractivity contribution in [1.29, 1.82) is 0 Å². The van der Waals surface area contributed by atoms with Gasteiger partial charge in [-0.2, -0.15) is 9.78 Å². The topological polar surface area (TPSA) is 112 Å². The molecule has 2 atom stereocenters. The van der Waals surface area contributed by atoms with Gasteiger partial charge < -0.3 is 14.2 Å². The summed E-state index contributed by atoms with van der Waals surface area (Å²) in [4.78, 5) is 40.7. The molecule has 232 valence electrons. The molecule has 2 amide bonds. The van der Waals surface area contributed by atoms with Crippen LogP contribution in [0.15, 0.2) is 114 Å². The van der Waals surface area contributed by atoms with Crippen molar-refractivity contribution in [3.05, 3.63) is 131 Å². The molecule has 1 fully saturated rings. The molecule has 4 aromatic carbocycles. The molecule has 0 radical (unpaired) electrons. The van der Waals surface area contributed by atoms with Gasteiger partial charge in [-0.3, -0.25) is 19.8 Å². The van der Waals surface area contributed by atoms with E-state index in [2.05, 4.69) is 10.5 Å². The first-order valence-electron chi connectivity index (χ1n) is 14.4. The van der Waals surface area contributed by atoms with Gasteiger partial charge in [-0.25, -0.2) is 5.01 Å². The average Bonchev–Trinajstić information content (AvgIpc) is 3.37. The lowest BCUT2D eigenvalue weighted by atomic mass is 10.0. The second-order valence-corrected chi connectivity index (χ2v) is 11.8. The van der Waals surface area contributed by atoms with Crippen molar-refractivity contribution >= 4 is 23.6 Å². The summed E-state index contributed by atoms with van der Waals surface area (Å²) in [6, 6.07) is 31.9. The predicted molar refractivity (Wildman–Crippen MR) is 175 cm³/mol. The molecule has 11 heteroatoms. The van der Waals surface area contributed by atoms with Crippen molar-refractivity contribution in [1.82, 2.24) is 20.2 Å². The zero-order valence-electron chi connectivity index (χ0n) is 25.2. The molecule has 5 aromatic rings. The Morgan fingerprint density at radius 1 is 0.783 bits per heavy atom. The monoisotopic (exact) mass is 634 g/mol. The summed E-state index contributed by atoms with van der Waals surface area (Å²) < 4.78 is 17.6. The molecule has 1 aliphatic rings. The fourth-order valence-corrected chi connectivity index (χ4v) is 6.18.